The van der Waals surface area contributed by atoms with E-state index in [1.165, 1.54) is 0 Å². The van der Waals surface area contributed by atoms with Gasteiger partial charge < -0.3 is 15.6 Å². The van der Waals surface area contributed by atoms with E-state index in [1.807, 2.05) is 15.6 Å². The van der Waals surface area contributed by atoms with Crippen molar-refractivity contribution in [3.63, 3.8) is 0 Å². The monoisotopic (exact) mass is 430 g/mol. The maximum absolute atomic E-state index is 13.0. The number of urea groups is 1. The van der Waals surface area contributed by atoms with Gasteiger partial charge in [-0.1, -0.05) is 19.9 Å². The fourth-order valence-corrected chi connectivity index (χ4v) is 5.90. The van der Waals surface area contributed by atoms with Crippen molar-refractivity contribution in [1.82, 2.24) is 24.5 Å². The molecule has 0 spiro atoms. The molecule has 1 aliphatic rings. The van der Waals surface area contributed by atoms with E-state index in [1.54, 1.807) is 6.33 Å². The summed E-state index contributed by atoms with van der Waals surface area (Å²) in [6.07, 6.45) is 7.54. The lowest BCUT2D eigenvalue weighted by molar-refractivity contribution is 0.0320. The van der Waals surface area contributed by atoms with Crippen LogP contribution in [0.1, 0.15) is 48.9 Å². The second kappa shape index (κ2) is 7.36. The Hall–Kier alpha value is -3.35. The van der Waals surface area contributed by atoms with Crippen molar-refractivity contribution in [3.05, 3.63) is 65.2 Å². The molecule has 1 aromatic carbocycles. The molecule has 4 aromatic rings. The lowest BCUT2D eigenvalue weighted by Gasteiger charge is -2.54. The van der Waals surface area contributed by atoms with Gasteiger partial charge in [-0.15, -0.1) is 0 Å². The van der Waals surface area contributed by atoms with Gasteiger partial charge in [-0.05, 0) is 78.8 Å². The average Bonchev–Trinajstić information content (AvgIpc) is 3.44. The molecule has 0 saturated carbocycles. The van der Waals surface area contributed by atoms with Gasteiger partial charge in [0.25, 0.3) is 0 Å². The number of hydrogen-bond acceptors (Lipinski definition) is 3. The minimum atomic E-state index is -0.696. The number of carbonyl (C=O) groups is 1. The molecule has 166 valence electrons. The summed E-state index contributed by atoms with van der Waals surface area (Å²) in [5, 5.41) is 5.57. The molecule has 3 N–H and O–H groups in total. The quantitative estimate of drug-likeness (QED) is 0.501. The molecule has 0 radical (unpaired) electrons. The number of amides is 2. The summed E-state index contributed by atoms with van der Waals surface area (Å²) in [4.78, 5) is 22.6. The number of benzene rings is 1. The normalized spacial score (nSPS) is 21.7. The van der Waals surface area contributed by atoms with Crippen LogP contribution < -0.4 is 5.73 Å². The number of nitrogens with two attached hydrogens (primary N) is 1. The third-order valence-corrected chi connectivity index (χ3v) is 7.46. The molecule has 1 fully saturated rings. The zero-order valence-electron chi connectivity index (χ0n) is 19.1. The number of pyridine rings is 1. The number of nitrogens with zero attached hydrogens (tertiary/aromatic N) is 4. The number of nitrogens with one attached hydrogen (secondary N) is 1. The first-order valence-electron chi connectivity index (χ1n) is 11.3. The molecular weight excluding hydrogens is 400 g/mol. The smallest absolute Gasteiger partial charge is 0.315 e. The van der Waals surface area contributed by atoms with Gasteiger partial charge in [0.1, 0.15) is 6.33 Å². The Balaban J connectivity index is 1.92. The number of carbonyl (C=O) groups excluding carboxylic acids is 1. The van der Waals surface area contributed by atoms with Gasteiger partial charge in [0.15, 0.2) is 5.65 Å². The largest absolute Gasteiger partial charge is 0.361 e. The maximum Gasteiger partial charge on any atom is 0.315 e. The van der Waals surface area contributed by atoms with Crippen LogP contribution in [0.3, 0.4) is 0 Å². The summed E-state index contributed by atoms with van der Waals surface area (Å²) in [7, 11) is 0. The molecular formula is C25H30N6O. The summed E-state index contributed by atoms with van der Waals surface area (Å²) >= 11 is 0. The lowest BCUT2D eigenvalue weighted by atomic mass is 9.63. The van der Waals surface area contributed by atoms with Gasteiger partial charge in [-0.25, -0.2) is 14.3 Å². The van der Waals surface area contributed by atoms with Gasteiger partial charge in [0, 0.05) is 30.0 Å². The zero-order chi connectivity index (χ0) is 22.6. The molecule has 2 atom stereocenters. The van der Waals surface area contributed by atoms with E-state index in [0.29, 0.717) is 12.5 Å². The first kappa shape index (κ1) is 20.5. The van der Waals surface area contributed by atoms with E-state index in [0.717, 1.165) is 51.6 Å². The molecule has 2 amide bonds. The topological polar surface area (TPSA) is 92.3 Å². The minimum absolute atomic E-state index is 0.194. The third-order valence-electron chi connectivity index (χ3n) is 7.46. The van der Waals surface area contributed by atoms with Crippen molar-refractivity contribution in [2.24, 2.45) is 17.6 Å². The van der Waals surface area contributed by atoms with Crippen LogP contribution >= 0.6 is 0 Å². The highest BCUT2D eigenvalue weighted by atomic mass is 16.2. The second-order valence-corrected chi connectivity index (χ2v) is 9.35. The maximum atomic E-state index is 13.0. The Morgan fingerprint density at radius 3 is 2.81 bits per heavy atom. The number of piperidine rings is 1. The molecule has 32 heavy (non-hydrogen) atoms. The van der Waals surface area contributed by atoms with E-state index < -0.39 is 5.54 Å². The Kier molecular flexibility index (Phi) is 4.73. The lowest BCUT2D eigenvalue weighted by Crippen LogP contribution is -2.60. The van der Waals surface area contributed by atoms with E-state index >= 15 is 0 Å². The number of likely N-dealkylation sites (tertiary alicyclic amines) is 1. The van der Waals surface area contributed by atoms with E-state index in [4.69, 9.17) is 5.73 Å². The molecule has 1 saturated heterocycles. The number of aromatic nitrogens is 4. The van der Waals surface area contributed by atoms with E-state index in [2.05, 4.69) is 73.2 Å². The van der Waals surface area contributed by atoms with Crippen LogP contribution in [0.15, 0.2) is 43.0 Å². The minimum Gasteiger partial charge on any atom is -0.361 e. The van der Waals surface area contributed by atoms with E-state index in [-0.39, 0.29) is 11.9 Å². The van der Waals surface area contributed by atoms with Gasteiger partial charge in [0.05, 0.1) is 5.54 Å². The summed E-state index contributed by atoms with van der Waals surface area (Å²) in [6.45, 7) is 9.32. The predicted octanol–water partition coefficient (Wildman–Crippen LogP) is 4.52. The highest BCUT2D eigenvalue weighted by Gasteiger charge is 2.52. The van der Waals surface area contributed by atoms with Gasteiger partial charge in [0.2, 0.25) is 0 Å². The van der Waals surface area contributed by atoms with Crippen LogP contribution in [0.4, 0.5) is 4.79 Å². The van der Waals surface area contributed by atoms with Gasteiger partial charge >= 0.3 is 6.03 Å². The Labute approximate surface area is 187 Å². The molecule has 7 heteroatoms. The Bertz CT molecular complexity index is 1320. The van der Waals surface area contributed by atoms with Crippen molar-refractivity contribution in [2.75, 3.05) is 6.54 Å². The van der Waals surface area contributed by atoms with Crippen molar-refractivity contribution in [1.29, 1.82) is 0 Å². The number of rotatable bonds is 3. The van der Waals surface area contributed by atoms with Crippen LogP contribution in [-0.4, -0.2) is 37.1 Å². The van der Waals surface area contributed by atoms with Gasteiger partial charge in [-0.3, -0.25) is 0 Å². The second-order valence-electron chi connectivity index (χ2n) is 9.35. The molecule has 2 unspecified atom stereocenters. The average molecular weight is 431 g/mol. The summed E-state index contributed by atoms with van der Waals surface area (Å²) in [6, 6.07) is 8.15. The molecule has 1 aliphatic heterocycles. The van der Waals surface area contributed by atoms with Crippen molar-refractivity contribution < 1.29 is 4.79 Å². The number of aromatic amines is 1. The van der Waals surface area contributed by atoms with Gasteiger partial charge in [-0.2, -0.15) is 5.10 Å². The predicted molar refractivity (Wildman–Crippen MR) is 125 cm³/mol. The standard InChI is InChI=1S/C25H30N6O/c1-15(2)20-6-5-11-30(24(26)32)25(20,19-7-8-22-18(12-19)9-10-27-22)21-13-31-23(28-14-29-31)17(4)16(21)3/h7-10,12-15,20,27H,5-6,11H2,1-4H3,(H2,26,32). The molecule has 7 nitrogen and oxygen atoms in total. The van der Waals surface area contributed by atoms with Crippen LogP contribution in [0, 0.1) is 25.7 Å². The summed E-state index contributed by atoms with van der Waals surface area (Å²) in [5.41, 5.74) is 11.7. The molecule has 0 bridgehead atoms. The highest BCUT2D eigenvalue weighted by molar-refractivity contribution is 5.82. The number of H-pyrrole nitrogens is 1. The van der Waals surface area contributed by atoms with Crippen LogP contribution in [-0.2, 0) is 5.54 Å². The fraction of sp³-hybridized carbons (Fsp3) is 0.400. The first-order valence-corrected chi connectivity index (χ1v) is 11.3. The number of fused-ring (bicyclic) bond motifs is 2. The molecule has 0 aliphatic carbocycles. The molecule has 4 heterocycles. The summed E-state index contributed by atoms with van der Waals surface area (Å²) in [5.74, 6) is 0.532. The third kappa shape index (κ3) is 2.76. The SMILES string of the molecule is Cc1c(C2(c3ccc4[nH]ccc4c3)C(C(C)C)CCCN2C(N)=O)cn2ncnc2c1C. The first-order chi connectivity index (χ1) is 15.4. The Morgan fingerprint density at radius 1 is 1.25 bits per heavy atom. The van der Waals surface area contributed by atoms with Crippen LogP contribution in [0.25, 0.3) is 16.6 Å². The fourth-order valence-electron chi connectivity index (χ4n) is 5.90. The molecule has 3 aromatic heterocycles. The van der Waals surface area contributed by atoms with E-state index in [9.17, 15) is 4.79 Å². The van der Waals surface area contributed by atoms with Crippen molar-refractivity contribution >= 4 is 22.6 Å². The summed E-state index contributed by atoms with van der Waals surface area (Å²) < 4.78 is 1.83. The van der Waals surface area contributed by atoms with Crippen molar-refractivity contribution in [2.45, 2.75) is 46.1 Å². The highest BCUT2D eigenvalue weighted by Crippen LogP contribution is 2.51. The van der Waals surface area contributed by atoms with Crippen LogP contribution in [0.5, 0.6) is 0 Å². The number of hydrogen-bond donors (Lipinski definition) is 2. The van der Waals surface area contributed by atoms with Crippen molar-refractivity contribution in [3.8, 4) is 0 Å². The number of primary amides is 1. The Morgan fingerprint density at radius 2 is 2.06 bits per heavy atom. The number of aryl methyl sites for hydroxylation is 1. The van der Waals surface area contributed by atoms with Crippen LogP contribution in [0.2, 0.25) is 0 Å². The molecule has 5 rings (SSSR count). The zero-order valence-corrected chi connectivity index (χ0v) is 19.1.